The summed E-state index contributed by atoms with van der Waals surface area (Å²) in [5.74, 6) is -1.79. The fourth-order valence-electron chi connectivity index (χ4n) is 1.63. The third-order valence-electron chi connectivity index (χ3n) is 2.80. The first-order valence-electron chi connectivity index (χ1n) is 6.38. The molecule has 5 nitrogen and oxygen atoms in total. The van der Waals surface area contributed by atoms with Crippen LogP contribution in [-0.4, -0.2) is 29.6 Å². The predicted molar refractivity (Wildman–Crippen MR) is 75.9 cm³/mol. The molecule has 0 radical (unpaired) electrons. The number of carboxylic acids is 1. The molecule has 1 aromatic rings. The molecule has 0 spiro atoms. The predicted octanol–water partition coefficient (Wildman–Crippen LogP) is 2.47. The van der Waals surface area contributed by atoms with Crippen LogP contribution in [0.15, 0.2) is 18.2 Å². The summed E-state index contributed by atoms with van der Waals surface area (Å²) in [5.41, 5.74) is 0. The quantitative estimate of drug-likeness (QED) is 0.810. The molecule has 0 fully saturated rings. The Morgan fingerprint density at radius 3 is 2.62 bits per heavy atom. The van der Waals surface area contributed by atoms with E-state index in [1.165, 1.54) is 12.1 Å². The summed E-state index contributed by atoms with van der Waals surface area (Å²) >= 11 is 5.76. The van der Waals surface area contributed by atoms with Crippen molar-refractivity contribution < 1.29 is 23.8 Å². The van der Waals surface area contributed by atoms with Crippen LogP contribution >= 0.6 is 11.6 Å². The van der Waals surface area contributed by atoms with Gasteiger partial charge in [-0.1, -0.05) is 25.4 Å². The van der Waals surface area contributed by atoms with E-state index in [-0.39, 0.29) is 29.7 Å². The maximum absolute atomic E-state index is 12.9. The largest absolute Gasteiger partial charge is 0.482 e. The highest BCUT2D eigenvalue weighted by molar-refractivity contribution is 6.32. The van der Waals surface area contributed by atoms with Crippen molar-refractivity contribution in [3.05, 3.63) is 29.0 Å². The Labute approximate surface area is 127 Å². The minimum Gasteiger partial charge on any atom is -0.482 e. The van der Waals surface area contributed by atoms with Crippen molar-refractivity contribution in [3.63, 3.8) is 0 Å². The summed E-state index contributed by atoms with van der Waals surface area (Å²) in [6, 6.07) is 3.08. The lowest BCUT2D eigenvalue weighted by Gasteiger charge is -2.20. The van der Waals surface area contributed by atoms with Crippen LogP contribution in [0.3, 0.4) is 0 Å². The van der Waals surface area contributed by atoms with Crippen molar-refractivity contribution in [1.82, 2.24) is 5.32 Å². The molecule has 2 N–H and O–H groups in total. The average molecular weight is 318 g/mol. The van der Waals surface area contributed by atoms with E-state index in [1.807, 2.05) is 13.8 Å². The van der Waals surface area contributed by atoms with Crippen LogP contribution in [0.2, 0.25) is 5.02 Å². The molecule has 1 unspecified atom stereocenters. The molecular weight excluding hydrogens is 301 g/mol. The van der Waals surface area contributed by atoms with Gasteiger partial charge >= 0.3 is 5.97 Å². The third kappa shape index (κ3) is 5.99. The lowest BCUT2D eigenvalue weighted by atomic mass is 10.0. The SMILES string of the molecule is CC(C)C(CC(=O)O)NC(=O)COc1ccc(F)cc1Cl. The standard InChI is InChI=1S/C14H17ClFNO4/c1-8(2)11(6-14(19)20)17-13(18)7-21-12-4-3-9(16)5-10(12)15/h3-5,8,11H,6-7H2,1-2H3,(H,17,18)(H,19,20). The lowest BCUT2D eigenvalue weighted by molar-refractivity contribution is -0.138. The zero-order chi connectivity index (χ0) is 16.0. The second-order valence-corrected chi connectivity index (χ2v) is 5.29. The Hall–Kier alpha value is -1.82. The van der Waals surface area contributed by atoms with Crippen LogP contribution in [0.1, 0.15) is 20.3 Å². The van der Waals surface area contributed by atoms with Crippen molar-refractivity contribution in [2.45, 2.75) is 26.3 Å². The number of carbonyl (C=O) groups is 2. The van der Waals surface area contributed by atoms with Gasteiger partial charge in [0.1, 0.15) is 11.6 Å². The monoisotopic (exact) mass is 317 g/mol. The van der Waals surface area contributed by atoms with Crippen molar-refractivity contribution >= 4 is 23.5 Å². The first-order chi connectivity index (χ1) is 9.79. The van der Waals surface area contributed by atoms with E-state index in [0.29, 0.717) is 0 Å². The van der Waals surface area contributed by atoms with E-state index < -0.39 is 23.7 Å². The molecule has 1 rings (SSSR count). The zero-order valence-electron chi connectivity index (χ0n) is 11.7. The minimum absolute atomic E-state index is 0.0283. The lowest BCUT2D eigenvalue weighted by Crippen LogP contribution is -2.42. The van der Waals surface area contributed by atoms with Crippen LogP contribution < -0.4 is 10.1 Å². The molecule has 0 bridgehead atoms. The maximum atomic E-state index is 12.9. The topological polar surface area (TPSA) is 75.6 Å². The smallest absolute Gasteiger partial charge is 0.305 e. The van der Waals surface area contributed by atoms with Gasteiger partial charge in [-0.25, -0.2) is 4.39 Å². The molecule has 0 saturated carbocycles. The summed E-state index contributed by atoms with van der Waals surface area (Å²) in [4.78, 5) is 22.5. The molecule has 0 heterocycles. The number of carboxylic acid groups (broad SMARTS) is 1. The molecule has 1 atom stereocenters. The molecule has 0 aliphatic rings. The van der Waals surface area contributed by atoms with Gasteiger partial charge in [-0.15, -0.1) is 0 Å². The van der Waals surface area contributed by atoms with Crippen molar-refractivity contribution in [2.75, 3.05) is 6.61 Å². The maximum Gasteiger partial charge on any atom is 0.305 e. The van der Waals surface area contributed by atoms with E-state index in [1.54, 1.807) is 0 Å². The van der Waals surface area contributed by atoms with Crippen LogP contribution in [-0.2, 0) is 9.59 Å². The molecule has 21 heavy (non-hydrogen) atoms. The van der Waals surface area contributed by atoms with Crippen LogP contribution in [0.4, 0.5) is 4.39 Å². The Bertz CT molecular complexity index is 522. The normalized spacial score (nSPS) is 12.0. The molecule has 1 amide bonds. The van der Waals surface area contributed by atoms with E-state index in [9.17, 15) is 14.0 Å². The van der Waals surface area contributed by atoms with E-state index >= 15 is 0 Å². The fourth-order valence-corrected chi connectivity index (χ4v) is 1.85. The summed E-state index contributed by atoms with van der Waals surface area (Å²) in [7, 11) is 0. The Morgan fingerprint density at radius 2 is 2.10 bits per heavy atom. The van der Waals surface area contributed by atoms with Gasteiger partial charge < -0.3 is 15.2 Å². The molecule has 0 aromatic heterocycles. The number of benzene rings is 1. The van der Waals surface area contributed by atoms with Crippen LogP contribution in [0.5, 0.6) is 5.75 Å². The van der Waals surface area contributed by atoms with E-state index in [0.717, 1.165) is 6.07 Å². The summed E-state index contributed by atoms with van der Waals surface area (Å²) in [5, 5.41) is 11.4. The zero-order valence-corrected chi connectivity index (χ0v) is 12.5. The van der Waals surface area contributed by atoms with Crippen molar-refractivity contribution in [3.8, 4) is 5.75 Å². The van der Waals surface area contributed by atoms with Gasteiger partial charge in [-0.05, 0) is 24.1 Å². The molecular formula is C14H17ClFNO4. The molecule has 116 valence electrons. The number of hydrogen-bond donors (Lipinski definition) is 2. The second-order valence-electron chi connectivity index (χ2n) is 4.88. The Morgan fingerprint density at radius 1 is 1.43 bits per heavy atom. The number of rotatable bonds is 7. The van der Waals surface area contributed by atoms with Crippen LogP contribution in [0, 0.1) is 11.7 Å². The third-order valence-corrected chi connectivity index (χ3v) is 3.09. The minimum atomic E-state index is -0.989. The Balaban J connectivity index is 2.54. The number of hydrogen-bond acceptors (Lipinski definition) is 3. The Kier molecular flexibility index (Phi) is 6.42. The highest BCUT2D eigenvalue weighted by Gasteiger charge is 2.19. The van der Waals surface area contributed by atoms with E-state index in [2.05, 4.69) is 5.32 Å². The van der Waals surface area contributed by atoms with E-state index in [4.69, 9.17) is 21.4 Å². The number of carbonyl (C=O) groups excluding carboxylic acids is 1. The number of nitrogens with one attached hydrogen (secondary N) is 1. The van der Waals surface area contributed by atoms with Gasteiger partial charge in [-0.3, -0.25) is 9.59 Å². The van der Waals surface area contributed by atoms with Gasteiger partial charge in [0.25, 0.3) is 5.91 Å². The molecule has 1 aromatic carbocycles. The number of ether oxygens (including phenoxy) is 1. The second kappa shape index (κ2) is 7.83. The highest BCUT2D eigenvalue weighted by atomic mass is 35.5. The van der Waals surface area contributed by atoms with Crippen LogP contribution in [0.25, 0.3) is 0 Å². The molecule has 0 saturated heterocycles. The fraction of sp³-hybridized carbons (Fsp3) is 0.429. The average Bonchev–Trinajstić information content (AvgIpc) is 2.36. The molecule has 7 heteroatoms. The number of halogens is 2. The first kappa shape index (κ1) is 17.2. The van der Waals surface area contributed by atoms with Crippen molar-refractivity contribution in [2.24, 2.45) is 5.92 Å². The highest BCUT2D eigenvalue weighted by Crippen LogP contribution is 2.24. The number of amides is 1. The van der Waals surface area contributed by atoms with Gasteiger partial charge in [0.05, 0.1) is 11.4 Å². The number of aliphatic carboxylic acids is 1. The van der Waals surface area contributed by atoms with Crippen molar-refractivity contribution in [1.29, 1.82) is 0 Å². The van der Waals surface area contributed by atoms with Gasteiger partial charge in [0, 0.05) is 6.04 Å². The van der Waals surface area contributed by atoms with Gasteiger partial charge in [0.15, 0.2) is 6.61 Å². The molecule has 0 aliphatic carbocycles. The van der Waals surface area contributed by atoms with Gasteiger partial charge in [0.2, 0.25) is 0 Å². The summed E-state index contributed by atoms with van der Waals surface area (Å²) in [6.07, 6.45) is -0.166. The molecule has 0 aliphatic heterocycles. The first-order valence-corrected chi connectivity index (χ1v) is 6.76. The van der Waals surface area contributed by atoms with Gasteiger partial charge in [-0.2, -0.15) is 0 Å². The summed E-state index contributed by atoms with van der Waals surface area (Å²) < 4.78 is 18.0. The summed E-state index contributed by atoms with van der Waals surface area (Å²) in [6.45, 7) is 3.30.